The molecule has 0 fully saturated rings. The first-order valence-corrected chi connectivity index (χ1v) is 17.5. The zero-order valence-electron chi connectivity index (χ0n) is 31.1. The number of hydrogen-bond acceptors (Lipinski definition) is 8. The summed E-state index contributed by atoms with van der Waals surface area (Å²) in [6.45, 7) is 15.3. The summed E-state index contributed by atoms with van der Waals surface area (Å²) < 4.78 is 5.49. The van der Waals surface area contributed by atoms with Crippen molar-refractivity contribution in [1.29, 1.82) is 0 Å². The third-order valence-electron chi connectivity index (χ3n) is 7.85. The van der Waals surface area contributed by atoms with E-state index in [1.54, 1.807) is 6.92 Å². The van der Waals surface area contributed by atoms with Gasteiger partial charge in [-0.25, -0.2) is 0 Å². The number of esters is 1. The lowest BCUT2D eigenvalue weighted by Crippen LogP contribution is -2.49. The van der Waals surface area contributed by atoms with Crippen LogP contribution in [-0.4, -0.2) is 65.1 Å². The number of ketones is 1. The number of thiol groups is 1. The molecule has 3 unspecified atom stereocenters. The Morgan fingerprint density at radius 2 is 1.49 bits per heavy atom. The minimum absolute atomic E-state index is 0.0692. The van der Waals surface area contributed by atoms with Gasteiger partial charge in [-0.2, -0.15) is 12.6 Å². The van der Waals surface area contributed by atoms with E-state index in [2.05, 4.69) is 62.3 Å². The molecular formula is C40H55N3O7S. The number of nitrogens with two attached hydrogens (primary N) is 1. The normalized spacial score (nSPS) is 18.4. The van der Waals surface area contributed by atoms with Crippen molar-refractivity contribution in [3.8, 4) is 0 Å². The van der Waals surface area contributed by atoms with E-state index in [0.717, 1.165) is 22.3 Å². The summed E-state index contributed by atoms with van der Waals surface area (Å²) in [4.78, 5) is 61.4. The van der Waals surface area contributed by atoms with Gasteiger partial charge in [0.25, 0.3) is 0 Å². The second-order valence-corrected chi connectivity index (χ2v) is 13.8. The Morgan fingerprint density at radius 3 is 2.04 bits per heavy atom. The first-order chi connectivity index (χ1) is 23.9. The van der Waals surface area contributed by atoms with Gasteiger partial charge in [-0.15, -0.1) is 0 Å². The molecule has 0 bridgehead atoms. The lowest BCUT2D eigenvalue weighted by atomic mass is 9.71. The second-order valence-electron chi connectivity index (χ2n) is 13.4. The Hall–Kier alpha value is -4.48. The molecule has 0 radical (unpaired) electrons. The number of Topliss-reactive ketones (excluding diaryl/α,β-unsaturated/α-hetero) is 1. The predicted molar refractivity (Wildman–Crippen MR) is 207 cm³/mol. The van der Waals surface area contributed by atoms with Crippen LogP contribution in [0.2, 0.25) is 0 Å². The van der Waals surface area contributed by atoms with Crippen LogP contribution in [0, 0.1) is 5.41 Å². The number of carboxylic acid groups (broad SMARTS) is 1. The molecule has 0 saturated heterocycles. The first kappa shape index (κ1) is 44.5. The highest BCUT2D eigenvalue weighted by Crippen LogP contribution is 2.40. The van der Waals surface area contributed by atoms with E-state index in [1.807, 2.05) is 82.4 Å². The standard InChI is InChI=1S/C40H55N3O7S/c1-26(2)13-11-16-27(3)14-9-10-15-28(4)17-12-18-29(5)19-20-31-30(6)37(46)34(23-40(31,7)8)50-36(45)24-42-38(47)33(25-51)43-35(44)22-21-32(41)39(48)49/h9-20,32-34,51H,21-25,41H2,1-8H3,(H,42,47)(H,43,44)(H,48,49)/b10-9+,16-11+,17-12+,20-19+,27-14+,28-15+,29-18+. The van der Waals surface area contributed by atoms with Crippen LogP contribution in [0.15, 0.2) is 106 Å². The maximum Gasteiger partial charge on any atom is 0.326 e. The van der Waals surface area contributed by atoms with Gasteiger partial charge in [0.2, 0.25) is 11.8 Å². The molecule has 1 aliphatic rings. The molecule has 1 aliphatic carbocycles. The molecule has 0 aromatic rings. The fourth-order valence-corrected chi connectivity index (χ4v) is 5.14. The summed E-state index contributed by atoms with van der Waals surface area (Å²) >= 11 is 4.07. The number of hydrogen-bond donors (Lipinski definition) is 5. The SMILES string of the molecule is CC(C)=C/C=C/C(C)=C/C=C/C=C(C)/C=C/C=C(C)/C=C/C1=C(C)C(=O)C(OC(=O)CNC(=O)C(CS)NC(=O)CCC(N)C(=O)O)CC1(C)C. The summed E-state index contributed by atoms with van der Waals surface area (Å²) in [6, 6.07) is -2.28. The van der Waals surface area contributed by atoms with E-state index >= 15 is 0 Å². The van der Waals surface area contributed by atoms with Crippen LogP contribution in [0.1, 0.15) is 74.7 Å². The van der Waals surface area contributed by atoms with Crippen LogP contribution in [0.3, 0.4) is 0 Å². The number of allylic oxidation sites excluding steroid dienone is 17. The third-order valence-corrected chi connectivity index (χ3v) is 8.22. The Balaban J connectivity index is 2.79. The molecule has 0 heterocycles. The van der Waals surface area contributed by atoms with Crippen molar-refractivity contribution < 1.29 is 33.8 Å². The topological polar surface area (TPSA) is 165 Å². The molecule has 0 saturated carbocycles. The number of ether oxygens (including phenoxy) is 1. The first-order valence-electron chi connectivity index (χ1n) is 16.9. The number of carbonyl (C=O) groups is 5. The lowest BCUT2D eigenvalue weighted by molar-refractivity contribution is -0.155. The molecule has 0 aromatic heterocycles. The molecule has 2 amide bonds. The molecule has 11 heteroatoms. The summed E-state index contributed by atoms with van der Waals surface area (Å²) in [5.74, 6) is -3.67. The number of carbonyl (C=O) groups excluding carboxylic acids is 4. The van der Waals surface area contributed by atoms with Gasteiger partial charge < -0.3 is 26.2 Å². The van der Waals surface area contributed by atoms with E-state index in [0.29, 0.717) is 5.57 Å². The zero-order chi connectivity index (χ0) is 38.7. The van der Waals surface area contributed by atoms with Crippen LogP contribution in [0.25, 0.3) is 0 Å². The van der Waals surface area contributed by atoms with Crippen molar-refractivity contribution in [2.24, 2.45) is 11.1 Å². The zero-order valence-corrected chi connectivity index (χ0v) is 32.0. The van der Waals surface area contributed by atoms with E-state index < -0.39 is 53.9 Å². The van der Waals surface area contributed by atoms with Crippen LogP contribution in [-0.2, 0) is 28.7 Å². The second kappa shape index (κ2) is 22.4. The Kier molecular flexibility index (Phi) is 19.5. The molecule has 3 atom stereocenters. The molecular weight excluding hydrogens is 667 g/mol. The number of amides is 2. The average molecular weight is 722 g/mol. The number of carboxylic acids is 1. The molecule has 0 aromatic carbocycles. The predicted octanol–water partition coefficient (Wildman–Crippen LogP) is 5.97. The van der Waals surface area contributed by atoms with Gasteiger partial charge >= 0.3 is 11.9 Å². The number of rotatable bonds is 18. The average Bonchev–Trinajstić information content (AvgIpc) is 3.05. The molecule has 278 valence electrons. The molecule has 1 rings (SSSR count). The maximum atomic E-state index is 13.2. The summed E-state index contributed by atoms with van der Waals surface area (Å²) in [5.41, 5.74) is 10.8. The van der Waals surface area contributed by atoms with Crippen LogP contribution >= 0.6 is 12.6 Å². The van der Waals surface area contributed by atoms with Crippen LogP contribution in [0.5, 0.6) is 0 Å². The van der Waals surface area contributed by atoms with Crippen LogP contribution in [0.4, 0.5) is 0 Å². The van der Waals surface area contributed by atoms with Gasteiger partial charge in [-0.05, 0) is 64.5 Å². The van der Waals surface area contributed by atoms with Crippen molar-refractivity contribution in [2.75, 3.05) is 12.3 Å². The summed E-state index contributed by atoms with van der Waals surface area (Å²) in [5, 5.41) is 13.7. The molecule has 0 spiro atoms. The van der Waals surface area contributed by atoms with Crippen molar-refractivity contribution >= 4 is 42.2 Å². The molecule has 5 N–H and O–H groups in total. The minimum atomic E-state index is -1.24. The minimum Gasteiger partial charge on any atom is -0.480 e. The number of nitrogens with one attached hydrogen (secondary N) is 2. The van der Waals surface area contributed by atoms with Crippen molar-refractivity contribution in [2.45, 2.75) is 92.8 Å². The van der Waals surface area contributed by atoms with Crippen molar-refractivity contribution in [3.05, 3.63) is 106 Å². The lowest BCUT2D eigenvalue weighted by Gasteiger charge is -2.36. The van der Waals surface area contributed by atoms with E-state index in [4.69, 9.17) is 15.6 Å². The number of aliphatic carboxylic acids is 1. The summed E-state index contributed by atoms with van der Waals surface area (Å²) in [6.07, 6.45) is 23.1. The van der Waals surface area contributed by atoms with Gasteiger partial charge in [-0.1, -0.05) is 109 Å². The molecule has 0 aliphatic heterocycles. The van der Waals surface area contributed by atoms with Gasteiger partial charge in [0.05, 0.1) is 0 Å². The fraction of sp³-hybridized carbons (Fsp3) is 0.425. The molecule has 51 heavy (non-hydrogen) atoms. The van der Waals surface area contributed by atoms with E-state index in [1.165, 1.54) is 5.57 Å². The Labute approximate surface area is 308 Å². The van der Waals surface area contributed by atoms with Crippen LogP contribution < -0.4 is 16.4 Å². The fourth-order valence-electron chi connectivity index (χ4n) is 4.89. The quantitative estimate of drug-likeness (QED) is 0.0657. The van der Waals surface area contributed by atoms with Gasteiger partial charge in [0.15, 0.2) is 11.9 Å². The Morgan fingerprint density at radius 1 is 0.941 bits per heavy atom. The molecule has 10 nitrogen and oxygen atoms in total. The van der Waals surface area contributed by atoms with Crippen molar-refractivity contribution in [3.63, 3.8) is 0 Å². The monoisotopic (exact) mass is 721 g/mol. The summed E-state index contributed by atoms with van der Waals surface area (Å²) in [7, 11) is 0. The Bertz CT molecular complexity index is 1570. The largest absolute Gasteiger partial charge is 0.480 e. The van der Waals surface area contributed by atoms with E-state index in [-0.39, 0.29) is 30.8 Å². The highest BCUT2D eigenvalue weighted by Gasteiger charge is 2.40. The highest BCUT2D eigenvalue weighted by atomic mass is 32.1. The van der Waals surface area contributed by atoms with Gasteiger partial charge in [-0.3, -0.25) is 24.0 Å². The van der Waals surface area contributed by atoms with Gasteiger partial charge in [0.1, 0.15) is 18.6 Å². The van der Waals surface area contributed by atoms with Gasteiger partial charge in [0, 0.05) is 18.6 Å². The van der Waals surface area contributed by atoms with E-state index in [9.17, 15) is 24.0 Å². The smallest absolute Gasteiger partial charge is 0.326 e. The third kappa shape index (κ3) is 17.3. The van der Waals surface area contributed by atoms with Crippen molar-refractivity contribution in [1.82, 2.24) is 10.6 Å². The maximum absolute atomic E-state index is 13.2. The highest BCUT2D eigenvalue weighted by molar-refractivity contribution is 7.80.